The van der Waals surface area contributed by atoms with Crippen LogP contribution in [0.25, 0.3) is 0 Å². The Hall–Kier alpha value is -2.04. The Morgan fingerprint density at radius 2 is 2.25 bits per heavy atom. The first kappa shape index (κ1) is 10.5. The molecule has 0 saturated heterocycles. The van der Waals surface area contributed by atoms with E-state index in [1.807, 2.05) is 25.1 Å². The van der Waals surface area contributed by atoms with E-state index >= 15 is 0 Å². The third-order valence-electron chi connectivity index (χ3n) is 2.45. The number of anilines is 1. The highest BCUT2D eigenvalue weighted by atomic mass is 16.5. The van der Waals surface area contributed by atoms with Crippen LogP contribution >= 0.6 is 0 Å². The van der Waals surface area contributed by atoms with Crippen molar-refractivity contribution in [2.75, 3.05) is 12.5 Å². The molecule has 0 unspecified atom stereocenters. The van der Waals surface area contributed by atoms with E-state index in [1.165, 1.54) is 7.11 Å². The van der Waals surface area contributed by atoms with Crippen molar-refractivity contribution < 1.29 is 9.53 Å². The van der Waals surface area contributed by atoms with Crippen LogP contribution in [-0.2, 0) is 16.1 Å². The average molecular weight is 219 g/mol. The number of nitrogens with zero attached hydrogens (tertiary/aromatic N) is 1. The Labute approximate surface area is 93.5 Å². The molecular weight excluding hydrogens is 206 g/mol. The number of amidine groups is 1. The van der Waals surface area contributed by atoms with Gasteiger partial charge in [-0.1, -0.05) is 18.2 Å². The normalized spacial score (nSPS) is 13.8. The van der Waals surface area contributed by atoms with Crippen LogP contribution in [0.2, 0.25) is 0 Å². The van der Waals surface area contributed by atoms with Gasteiger partial charge in [0.2, 0.25) is 5.84 Å². The maximum Gasteiger partial charge on any atom is 0.375 e. The fourth-order valence-electron chi connectivity index (χ4n) is 1.58. The number of aliphatic imine (C=N–C) groups is 1. The largest absolute Gasteiger partial charge is 0.463 e. The lowest BCUT2D eigenvalue weighted by Gasteiger charge is -2.11. The van der Waals surface area contributed by atoms with Crippen molar-refractivity contribution in [1.82, 2.24) is 5.43 Å². The van der Waals surface area contributed by atoms with Crippen molar-refractivity contribution >= 4 is 17.5 Å². The molecule has 1 aromatic rings. The molecule has 0 atom stereocenters. The van der Waals surface area contributed by atoms with Gasteiger partial charge in [0.1, 0.15) is 0 Å². The average Bonchev–Trinajstić information content (AvgIpc) is 2.51. The minimum atomic E-state index is -0.474. The van der Waals surface area contributed by atoms with Gasteiger partial charge in [0, 0.05) is 0 Å². The van der Waals surface area contributed by atoms with Gasteiger partial charge in [0.25, 0.3) is 0 Å². The zero-order chi connectivity index (χ0) is 11.5. The molecule has 0 saturated carbocycles. The highest BCUT2D eigenvalue weighted by Gasteiger charge is 2.16. The molecule has 0 fully saturated rings. The number of carbonyl (C=O) groups excluding carboxylic acids is 1. The first-order valence-electron chi connectivity index (χ1n) is 4.95. The fourth-order valence-corrected chi connectivity index (χ4v) is 1.58. The fraction of sp³-hybridized carbons (Fsp3) is 0.273. The van der Waals surface area contributed by atoms with Gasteiger partial charge in [0.05, 0.1) is 19.3 Å². The second-order valence-electron chi connectivity index (χ2n) is 3.52. The number of esters is 1. The topological polar surface area (TPSA) is 62.7 Å². The Balaban J connectivity index is 2.28. The molecule has 1 aromatic carbocycles. The van der Waals surface area contributed by atoms with Crippen LogP contribution in [0.3, 0.4) is 0 Å². The molecule has 0 radical (unpaired) electrons. The van der Waals surface area contributed by atoms with E-state index < -0.39 is 5.97 Å². The van der Waals surface area contributed by atoms with Crippen LogP contribution in [-0.4, -0.2) is 18.9 Å². The molecule has 5 nitrogen and oxygen atoms in total. The maximum atomic E-state index is 11.3. The molecule has 2 rings (SSSR count). The SMILES string of the molecule is COC(=O)C1=NCc2cccc(C)c2NN1. The lowest BCUT2D eigenvalue weighted by atomic mass is 10.1. The number of hydrogen-bond acceptors (Lipinski definition) is 5. The summed E-state index contributed by atoms with van der Waals surface area (Å²) >= 11 is 0. The van der Waals surface area contributed by atoms with Crippen molar-refractivity contribution in [3.63, 3.8) is 0 Å². The zero-order valence-electron chi connectivity index (χ0n) is 9.20. The Bertz CT molecular complexity index is 455. The first-order chi connectivity index (χ1) is 7.72. The van der Waals surface area contributed by atoms with Gasteiger partial charge >= 0.3 is 5.97 Å². The molecule has 2 N–H and O–H groups in total. The second-order valence-corrected chi connectivity index (χ2v) is 3.52. The quantitative estimate of drug-likeness (QED) is 0.691. The third-order valence-corrected chi connectivity index (χ3v) is 2.45. The van der Waals surface area contributed by atoms with E-state index in [-0.39, 0.29) is 5.84 Å². The number of aryl methyl sites for hydroxylation is 1. The van der Waals surface area contributed by atoms with Gasteiger partial charge in [-0.2, -0.15) is 0 Å². The van der Waals surface area contributed by atoms with Crippen molar-refractivity contribution in [2.24, 2.45) is 4.99 Å². The number of nitrogens with one attached hydrogen (secondary N) is 2. The summed E-state index contributed by atoms with van der Waals surface area (Å²) in [6, 6.07) is 5.94. The van der Waals surface area contributed by atoms with Gasteiger partial charge < -0.3 is 4.74 Å². The monoisotopic (exact) mass is 219 g/mol. The molecule has 0 spiro atoms. The Morgan fingerprint density at radius 3 is 3.00 bits per heavy atom. The lowest BCUT2D eigenvalue weighted by molar-refractivity contribution is -0.132. The van der Waals surface area contributed by atoms with Gasteiger partial charge in [-0.3, -0.25) is 15.8 Å². The molecule has 0 amide bonds. The number of hydrogen-bond donors (Lipinski definition) is 2. The summed E-state index contributed by atoms with van der Waals surface area (Å²) in [5, 5.41) is 0. The number of fused-ring (bicyclic) bond motifs is 1. The smallest absolute Gasteiger partial charge is 0.375 e. The minimum Gasteiger partial charge on any atom is -0.463 e. The van der Waals surface area contributed by atoms with Gasteiger partial charge in [-0.05, 0) is 18.1 Å². The molecule has 1 aliphatic heterocycles. The molecule has 0 aliphatic carbocycles. The summed E-state index contributed by atoms with van der Waals surface area (Å²) in [7, 11) is 1.33. The van der Waals surface area contributed by atoms with Crippen molar-refractivity contribution in [3.05, 3.63) is 29.3 Å². The maximum absolute atomic E-state index is 11.3. The molecule has 1 heterocycles. The van der Waals surface area contributed by atoms with E-state index in [1.54, 1.807) is 0 Å². The second kappa shape index (κ2) is 4.22. The standard InChI is InChI=1S/C11H13N3O2/c1-7-4-3-5-8-6-12-10(11(15)16-2)14-13-9(7)8/h3-5,13H,6H2,1-2H3,(H,12,14). The number of rotatable bonds is 1. The summed E-state index contributed by atoms with van der Waals surface area (Å²) in [5.41, 5.74) is 8.85. The van der Waals surface area contributed by atoms with Crippen molar-refractivity contribution in [3.8, 4) is 0 Å². The molecule has 1 aliphatic rings. The molecule has 5 heteroatoms. The lowest BCUT2D eigenvalue weighted by Crippen LogP contribution is -2.35. The van der Waals surface area contributed by atoms with Crippen LogP contribution in [0.4, 0.5) is 5.69 Å². The van der Waals surface area contributed by atoms with Crippen LogP contribution in [0.1, 0.15) is 11.1 Å². The number of benzene rings is 1. The van der Waals surface area contributed by atoms with Gasteiger partial charge in [-0.15, -0.1) is 0 Å². The molecule has 0 bridgehead atoms. The number of ether oxygens (including phenoxy) is 1. The van der Waals surface area contributed by atoms with Crippen LogP contribution in [0.5, 0.6) is 0 Å². The number of para-hydroxylation sites is 1. The van der Waals surface area contributed by atoms with Crippen molar-refractivity contribution in [1.29, 1.82) is 0 Å². The molecule has 84 valence electrons. The summed E-state index contributed by atoms with van der Waals surface area (Å²) in [4.78, 5) is 15.4. The van der Waals surface area contributed by atoms with E-state index in [9.17, 15) is 4.79 Å². The zero-order valence-corrected chi connectivity index (χ0v) is 9.20. The number of hydrazine groups is 1. The predicted molar refractivity (Wildman–Crippen MR) is 61.1 cm³/mol. The van der Waals surface area contributed by atoms with E-state index in [2.05, 4.69) is 20.6 Å². The minimum absolute atomic E-state index is 0.193. The van der Waals surface area contributed by atoms with E-state index in [4.69, 9.17) is 0 Å². The number of methoxy groups -OCH3 is 1. The third kappa shape index (κ3) is 1.84. The predicted octanol–water partition coefficient (Wildman–Crippen LogP) is 0.997. The first-order valence-corrected chi connectivity index (χ1v) is 4.95. The molecule has 16 heavy (non-hydrogen) atoms. The van der Waals surface area contributed by atoms with E-state index in [0.717, 1.165) is 16.8 Å². The Kier molecular flexibility index (Phi) is 2.76. The van der Waals surface area contributed by atoms with Crippen LogP contribution in [0.15, 0.2) is 23.2 Å². The van der Waals surface area contributed by atoms with Crippen LogP contribution in [0, 0.1) is 6.92 Å². The number of carbonyl (C=O) groups is 1. The van der Waals surface area contributed by atoms with Gasteiger partial charge in [0.15, 0.2) is 0 Å². The van der Waals surface area contributed by atoms with Crippen molar-refractivity contribution in [2.45, 2.75) is 13.5 Å². The van der Waals surface area contributed by atoms with Crippen LogP contribution < -0.4 is 10.9 Å². The Morgan fingerprint density at radius 1 is 1.44 bits per heavy atom. The molecule has 0 aromatic heterocycles. The van der Waals surface area contributed by atoms with Gasteiger partial charge in [-0.25, -0.2) is 4.79 Å². The summed E-state index contributed by atoms with van der Waals surface area (Å²) in [5.74, 6) is -0.281. The highest BCUT2D eigenvalue weighted by Crippen LogP contribution is 2.21. The van der Waals surface area contributed by atoms with E-state index in [0.29, 0.717) is 6.54 Å². The highest BCUT2D eigenvalue weighted by molar-refractivity contribution is 6.35. The summed E-state index contributed by atoms with van der Waals surface area (Å²) < 4.78 is 4.60. The summed E-state index contributed by atoms with van der Waals surface area (Å²) in [6.45, 7) is 2.46. The molecular formula is C11H13N3O2. The summed E-state index contributed by atoms with van der Waals surface area (Å²) in [6.07, 6.45) is 0.